The molecule has 0 unspecified atom stereocenters. The molecule has 2 aromatic carbocycles. The molecule has 3 N–H and O–H groups in total. The Labute approximate surface area is 172 Å². The van der Waals surface area contributed by atoms with Crippen LogP contribution in [0.15, 0.2) is 42.5 Å². The number of anilines is 1. The highest BCUT2D eigenvalue weighted by Gasteiger charge is 2.26. The van der Waals surface area contributed by atoms with Crippen LogP contribution in [0.4, 0.5) is 10.1 Å². The smallest absolute Gasteiger partial charge is 0.171 e. The van der Waals surface area contributed by atoms with Crippen LogP contribution in [0, 0.1) is 12.7 Å². The highest BCUT2D eigenvalue weighted by atomic mass is 32.1. The van der Waals surface area contributed by atoms with E-state index in [9.17, 15) is 4.39 Å². The van der Waals surface area contributed by atoms with Gasteiger partial charge in [-0.2, -0.15) is 0 Å². The second-order valence-electron chi connectivity index (χ2n) is 7.34. The Balaban J connectivity index is 1.66. The number of aryl methyl sites for hydroxylation is 1. The Morgan fingerprint density at radius 3 is 2.50 bits per heavy atom. The fourth-order valence-electron chi connectivity index (χ4n) is 3.73. The zero-order valence-corrected chi connectivity index (χ0v) is 17.4. The standard InChI is InChI=1S/C22H28FN3OS/c1-16-6-9-18(14-20(16)23)25-22(28)24-15-21(26-12-4-3-5-13-26)17-7-10-19(27-2)11-8-17/h6-11,14,21H,3-5,12-13,15H2,1-2H3,(H2,24,25,28)/p+1/t21-/m0/s1. The Morgan fingerprint density at radius 2 is 1.86 bits per heavy atom. The van der Waals surface area contributed by atoms with E-state index in [0.717, 1.165) is 12.3 Å². The average molecular weight is 403 g/mol. The van der Waals surface area contributed by atoms with Gasteiger partial charge in [-0.1, -0.05) is 6.07 Å². The van der Waals surface area contributed by atoms with Crippen molar-refractivity contribution in [2.45, 2.75) is 32.2 Å². The number of likely N-dealkylation sites (tertiary alicyclic amines) is 1. The quantitative estimate of drug-likeness (QED) is 0.649. The summed E-state index contributed by atoms with van der Waals surface area (Å²) in [6, 6.07) is 13.7. The fraction of sp³-hybridized carbons (Fsp3) is 0.409. The number of methoxy groups -OCH3 is 1. The maximum Gasteiger partial charge on any atom is 0.171 e. The summed E-state index contributed by atoms with van der Waals surface area (Å²) in [6.07, 6.45) is 3.83. The van der Waals surface area contributed by atoms with Gasteiger partial charge in [0.15, 0.2) is 5.11 Å². The van der Waals surface area contributed by atoms with E-state index in [1.165, 1.54) is 44.0 Å². The molecule has 0 spiro atoms. The van der Waals surface area contributed by atoms with E-state index < -0.39 is 0 Å². The summed E-state index contributed by atoms with van der Waals surface area (Å²) in [5.74, 6) is 0.629. The molecule has 2 aromatic rings. The number of piperidine rings is 1. The van der Waals surface area contributed by atoms with Gasteiger partial charge in [-0.05, 0) is 80.4 Å². The molecule has 0 aliphatic carbocycles. The number of rotatable bonds is 6. The van der Waals surface area contributed by atoms with E-state index in [0.29, 0.717) is 22.4 Å². The van der Waals surface area contributed by atoms with Crippen LogP contribution in [-0.2, 0) is 0 Å². The lowest BCUT2D eigenvalue weighted by atomic mass is 10.0. The van der Waals surface area contributed by atoms with Gasteiger partial charge in [-0.25, -0.2) is 4.39 Å². The first kappa shape index (κ1) is 20.6. The van der Waals surface area contributed by atoms with Gasteiger partial charge in [0.25, 0.3) is 0 Å². The van der Waals surface area contributed by atoms with Gasteiger partial charge in [-0.15, -0.1) is 0 Å². The average Bonchev–Trinajstić information content (AvgIpc) is 2.72. The molecule has 1 fully saturated rings. The maximum atomic E-state index is 13.8. The monoisotopic (exact) mass is 402 g/mol. The van der Waals surface area contributed by atoms with E-state index in [2.05, 4.69) is 22.8 Å². The van der Waals surface area contributed by atoms with Crippen molar-refractivity contribution in [3.05, 3.63) is 59.4 Å². The first-order chi connectivity index (χ1) is 13.6. The number of thiocarbonyl (C=S) groups is 1. The van der Waals surface area contributed by atoms with Crippen molar-refractivity contribution in [2.24, 2.45) is 0 Å². The number of nitrogens with one attached hydrogen (secondary N) is 3. The van der Waals surface area contributed by atoms with Gasteiger partial charge in [0.05, 0.1) is 26.7 Å². The van der Waals surface area contributed by atoms with Crippen molar-refractivity contribution in [1.82, 2.24) is 5.32 Å². The molecule has 4 nitrogen and oxygen atoms in total. The predicted octanol–water partition coefficient (Wildman–Crippen LogP) is 3.24. The van der Waals surface area contributed by atoms with Crippen molar-refractivity contribution >= 4 is 23.0 Å². The third-order valence-corrected chi connectivity index (χ3v) is 5.65. The van der Waals surface area contributed by atoms with Gasteiger partial charge in [0.2, 0.25) is 0 Å². The lowest BCUT2D eigenvalue weighted by Crippen LogP contribution is -3.13. The Hall–Kier alpha value is -2.18. The molecule has 0 amide bonds. The summed E-state index contributed by atoms with van der Waals surface area (Å²) in [4.78, 5) is 1.58. The minimum Gasteiger partial charge on any atom is -0.497 e. The molecule has 0 aromatic heterocycles. The summed E-state index contributed by atoms with van der Waals surface area (Å²) < 4.78 is 19.0. The van der Waals surface area contributed by atoms with Crippen molar-refractivity contribution < 1.29 is 14.0 Å². The predicted molar refractivity (Wildman–Crippen MR) is 116 cm³/mol. The van der Waals surface area contributed by atoms with E-state index in [-0.39, 0.29) is 5.82 Å². The second-order valence-corrected chi connectivity index (χ2v) is 7.75. The molecule has 0 bridgehead atoms. The van der Waals surface area contributed by atoms with Crippen molar-refractivity contribution in [3.63, 3.8) is 0 Å². The SMILES string of the molecule is COc1ccc([C@H](CNC(=S)Nc2ccc(C)c(F)c2)[NH+]2CCCCC2)cc1. The van der Waals surface area contributed by atoms with Gasteiger partial charge in [-0.3, -0.25) is 0 Å². The summed E-state index contributed by atoms with van der Waals surface area (Å²) in [5, 5.41) is 6.94. The third kappa shape index (κ3) is 5.42. The molecule has 1 heterocycles. The van der Waals surface area contributed by atoms with E-state index in [1.54, 1.807) is 25.0 Å². The summed E-state index contributed by atoms with van der Waals surface area (Å²) in [7, 11) is 1.68. The van der Waals surface area contributed by atoms with Crippen molar-refractivity contribution in [2.75, 3.05) is 32.1 Å². The number of hydrogen-bond acceptors (Lipinski definition) is 2. The number of quaternary nitrogens is 1. The van der Waals surface area contributed by atoms with Crippen LogP contribution < -0.4 is 20.3 Å². The van der Waals surface area contributed by atoms with Crippen molar-refractivity contribution in [1.29, 1.82) is 0 Å². The molecule has 6 heteroatoms. The van der Waals surface area contributed by atoms with E-state index in [1.807, 2.05) is 18.2 Å². The normalized spacial score (nSPS) is 15.7. The maximum absolute atomic E-state index is 13.8. The molecular formula is C22H29FN3OS+. The molecule has 1 atom stereocenters. The zero-order chi connectivity index (χ0) is 19.9. The van der Waals surface area contributed by atoms with Gasteiger partial charge >= 0.3 is 0 Å². The minimum atomic E-state index is -0.235. The molecule has 28 heavy (non-hydrogen) atoms. The summed E-state index contributed by atoms with van der Waals surface area (Å²) >= 11 is 5.45. The first-order valence-electron chi connectivity index (χ1n) is 9.86. The molecule has 150 valence electrons. The van der Waals surface area contributed by atoms with Gasteiger partial charge in [0, 0.05) is 11.3 Å². The van der Waals surface area contributed by atoms with Gasteiger partial charge < -0.3 is 20.3 Å². The Bertz CT molecular complexity index is 791. The van der Waals surface area contributed by atoms with Crippen LogP contribution in [0.2, 0.25) is 0 Å². The molecule has 1 aliphatic rings. The number of hydrogen-bond donors (Lipinski definition) is 3. The summed E-state index contributed by atoms with van der Waals surface area (Å²) in [6.45, 7) is 4.81. The van der Waals surface area contributed by atoms with Crippen LogP contribution >= 0.6 is 12.2 Å². The molecule has 0 radical (unpaired) electrons. The van der Waals surface area contributed by atoms with Crippen LogP contribution in [-0.4, -0.2) is 31.9 Å². The van der Waals surface area contributed by atoms with Crippen LogP contribution in [0.3, 0.4) is 0 Å². The highest BCUT2D eigenvalue weighted by molar-refractivity contribution is 7.80. The number of halogens is 1. The molecule has 3 rings (SSSR count). The summed E-state index contributed by atoms with van der Waals surface area (Å²) in [5.41, 5.74) is 2.55. The van der Waals surface area contributed by atoms with Crippen LogP contribution in [0.25, 0.3) is 0 Å². The lowest BCUT2D eigenvalue weighted by molar-refractivity contribution is -0.934. The third-order valence-electron chi connectivity index (χ3n) is 5.40. The van der Waals surface area contributed by atoms with Crippen molar-refractivity contribution in [3.8, 4) is 5.75 Å². The largest absolute Gasteiger partial charge is 0.497 e. The zero-order valence-electron chi connectivity index (χ0n) is 16.6. The molecular weight excluding hydrogens is 373 g/mol. The molecule has 1 aliphatic heterocycles. The Morgan fingerprint density at radius 1 is 1.14 bits per heavy atom. The minimum absolute atomic E-state index is 0.235. The Kier molecular flexibility index (Phi) is 7.23. The van der Waals surface area contributed by atoms with E-state index in [4.69, 9.17) is 17.0 Å². The van der Waals surface area contributed by atoms with E-state index >= 15 is 0 Å². The van der Waals surface area contributed by atoms with Crippen LogP contribution in [0.1, 0.15) is 36.4 Å². The number of ether oxygens (including phenoxy) is 1. The lowest BCUT2D eigenvalue weighted by Gasteiger charge is -2.32. The topological polar surface area (TPSA) is 37.7 Å². The highest BCUT2D eigenvalue weighted by Crippen LogP contribution is 2.17. The first-order valence-corrected chi connectivity index (χ1v) is 10.3. The fourth-order valence-corrected chi connectivity index (χ4v) is 3.93. The molecule has 1 saturated heterocycles. The van der Waals surface area contributed by atoms with Crippen LogP contribution in [0.5, 0.6) is 5.75 Å². The van der Waals surface area contributed by atoms with Gasteiger partial charge in [0.1, 0.15) is 17.6 Å². The second kappa shape index (κ2) is 9.85. The number of benzene rings is 2. The molecule has 0 saturated carbocycles.